The van der Waals surface area contributed by atoms with Crippen molar-refractivity contribution in [3.05, 3.63) is 64.7 Å². The van der Waals surface area contributed by atoms with E-state index in [-0.39, 0.29) is 11.7 Å². The van der Waals surface area contributed by atoms with Crippen LogP contribution in [0.2, 0.25) is 0 Å². The molecule has 0 aliphatic carbocycles. The fourth-order valence-electron chi connectivity index (χ4n) is 3.04. The topological polar surface area (TPSA) is 88.0 Å². The molecule has 1 aliphatic heterocycles. The Labute approximate surface area is 163 Å². The van der Waals surface area contributed by atoms with Crippen LogP contribution < -0.4 is 15.0 Å². The van der Waals surface area contributed by atoms with Gasteiger partial charge in [0.05, 0.1) is 11.5 Å². The SMILES string of the molecule is O=C(NCCCOc1ccccc1)N1CCN(c2ccc([N+](=O)[O-])cc2)CC1. The molecule has 0 saturated carbocycles. The molecular weight excluding hydrogens is 360 g/mol. The van der Waals surface area contributed by atoms with Crippen LogP contribution in [0.25, 0.3) is 0 Å². The Morgan fingerprint density at radius 3 is 2.36 bits per heavy atom. The van der Waals surface area contributed by atoms with Crippen molar-refractivity contribution in [2.75, 3.05) is 44.2 Å². The van der Waals surface area contributed by atoms with Crippen LogP contribution in [0.5, 0.6) is 5.75 Å². The molecule has 28 heavy (non-hydrogen) atoms. The lowest BCUT2D eigenvalue weighted by molar-refractivity contribution is -0.384. The summed E-state index contributed by atoms with van der Waals surface area (Å²) in [4.78, 5) is 26.5. The Hall–Kier alpha value is -3.29. The molecule has 2 aromatic carbocycles. The number of amides is 2. The number of nitrogens with one attached hydrogen (secondary N) is 1. The van der Waals surface area contributed by atoms with Crippen LogP contribution >= 0.6 is 0 Å². The molecule has 1 aliphatic rings. The van der Waals surface area contributed by atoms with Gasteiger partial charge < -0.3 is 19.9 Å². The molecule has 0 spiro atoms. The minimum Gasteiger partial charge on any atom is -0.494 e. The van der Waals surface area contributed by atoms with Crippen LogP contribution in [-0.4, -0.2) is 55.2 Å². The number of urea groups is 1. The highest BCUT2D eigenvalue weighted by molar-refractivity contribution is 5.74. The molecule has 2 aromatic rings. The first kappa shape index (κ1) is 19.5. The van der Waals surface area contributed by atoms with Crippen LogP contribution in [-0.2, 0) is 0 Å². The lowest BCUT2D eigenvalue weighted by atomic mass is 10.2. The number of carbonyl (C=O) groups is 1. The summed E-state index contributed by atoms with van der Waals surface area (Å²) in [5.41, 5.74) is 1.02. The average Bonchev–Trinajstić information content (AvgIpc) is 2.74. The summed E-state index contributed by atoms with van der Waals surface area (Å²) in [6, 6.07) is 16.0. The number of piperazine rings is 1. The number of nitro groups is 1. The van der Waals surface area contributed by atoms with E-state index in [1.807, 2.05) is 30.3 Å². The molecule has 0 bridgehead atoms. The number of ether oxygens (including phenoxy) is 1. The average molecular weight is 384 g/mol. The number of non-ortho nitro benzene ring substituents is 1. The number of anilines is 1. The van der Waals surface area contributed by atoms with Gasteiger partial charge in [0.1, 0.15) is 5.75 Å². The molecule has 1 N–H and O–H groups in total. The van der Waals surface area contributed by atoms with Crippen molar-refractivity contribution < 1.29 is 14.5 Å². The minimum absolute atomic E-state index is 0.0666. The lowest BCUT2D eigenvalue weighted by Crippen LogP contribution is -2.52. The summed E-state index contributed by atoms with van der Waals surface area (Å²) in [6.45, 7) is 3.74. The van der Waals surface area contributed by atoms with Gasteiger partial charge in [0.25, 0.3) is 5.69 Å². The zero-order valence-electron chi connectivity index (χ0n) is 15.6. The quantitative estimate of drug-likeness (QED) is 0.450. The summed E-state index contributed by atoms with van der Waals surface area (Å²) in [5.74, 6) is 0.830. The van der Waals surface area contributed by atoms with Gasteiger partial charge in [-0.05, 0) is 30.7 Å². The number of hydrogen-bond donors (Lipinski definition) is 1. The van der Waals surface area contributed by atoms with E-state index < -0.39 is 4.92 Å². The van der Waals surface area contributed by atoms with Crippen molar-refractivity contribution in [1.82, 2.24) is 10.2 Å². The maximum absolute atomic E-state index is 12.3. The number of para-hydroxylation sites is 1. The maximum atomic E-state index is 12.3. The number of rotatable bonds is 7. The Morgan fingerprint density at radius 1 is 1.04 bits per heavy atom. The van der Waals surface area contributed by atoms with E-state index in [0.717, 1.165) is 17.9 Å². The number of nitrogens with zero attached hydrogens (tertiary/aromatic N) is 3. The van der Waals surface area contributed by atoms with Gasteiger partial charge in [0, 0.05) is 50.5 Å². The van der Waals surface area contributed by atoms with Gasteiger partial charge in [-0.3, -0.25) is 10.1 Å². The number of hydrogen-bond acceptors (Lipinski definition) is 5. The molecule has 1 fully saturated rings. The predicted molar refractivity (Wildman–Crippen MR) is 107 cm³/mol. The van der Waals surface area contributed by atoms with E-state index in [2.05, 4.69) is 10.2 Å². The van der Waals surface area contributed by atoms with E-state index in [0.29, 0.717) is 39.3 Å². The molecule has 3 rings (SSSR count). The van der Waals surface area contributed by atoms with Gasteiger partial charge in [0.2, 0.25) is 0 Å². The van der Waals surface area contributed by atoms with Crippen LogP contribution in [0.15, 0.2) is 54.6 Å². The lowest BCUT2D eigenvalue weighted by Gasteiger charge is -2.36. The minimum atomic E-state index is -0.406. The maximum Gasteiger partial charge on any atom is 0.317 e. The third kappa shape index (κ3) is 5.35. The number of carbonyl (C=O) groups excluding carboxylic acids is 1. The molecule has 0 radical (unpaired) electrons. The highest BCUT2D eigenvalue weighted by Crippen LogP contribution is 2.20. The molecule has 0 unspecified atom stereocenters. The van der Waals surface area contributed by atoms with E-state index >= 15 is 0 Å². The summed E-state index contributed by atoms with van der Waals surface area (Å²) in [7, 11) is 0. The van der Waals surface area contributed by atoms with Gasteiger partial charge in [-0.25, -0.2) is 4.79 Å². The first-order valence-electron chi connectivity index (χ1n) is 9.33. The monoisotopic (exact) mass is 384 g/mol. The van der Waals surface area contributed by atoms with Crippen LogP contribution in [0.4, 0.5) is 16.2 Å². The Kier molecular flexibility index (Phi) is 6.67. The first-order valence-corrected chi connectivity index (χ1v) is 9.33. The van der Waals surface area contributed by atoms with E-state index in [4.69, 9.17) is 4.74 Å². The molecule has 8 nitrogen and oxygen atoms in total. The van der Waals surface area contributed by atoms with Gasteiger partial charge >= 0.3 is 6.03 Å². The van der Waals surface area contributed by atoms with Crippen molar-refractivity contribution in [2.24, 2.45) is 0 Å². The third-order valence-corrected chi connectivity index (χ3v) is 4.60. The van der Waals surface area contributed by atoms with Crippen molar-refractivity contribution in [1.29, 1.82) is 0 Å². The zero-order valence-corrected chi connectivity index (χ0v) is 15.6. The molecule has 1 saturated heterocycles. The second kappa shape index (κ2) is 9.59. The second-order valence-corrected chi connectivity index (χ2v) is 6.49. The fourth-order valence-corrected chi connectivity index (χ4v) is 3.04. The molecule has 2 amide bonds. The number of benzene rings is 2. The summed E-state index contributed by atoms with van der Waals surface area (Å²) in [5, 5.41) is 13.7. The molecule has 0 atom stereocenters. The predicted octanol–water partition coefficient (Wildman–Crippen LogP) is 2.90. The Bertz CT molecular complexity index is 775. The van der Waals surface area contributed by atoms with Crippen molar-refractivity contribution in [3.63, 3.8) is 0 Å². The van der Waals surface area contributed by atoms with Gasteiger partial charge in [-0.1, -0.05) is 18.2 Å². The largest absolute Gasteiger partial charge is 0.494 e. The fraction of sp³-hybridized carbons (Fsp3) is 0.350. The van der Waals surface area contributed by atoms with E-state index in [1.165, 1.54) is 12.1 Å². The molecule has 1 heterocycles. The van der Waals surface area contributed by atoms with E-state index in [1.54, 1.807) is 17.0 Å². The van der Waals surface area contributed by atoms with Gasteiger partial charge in [-0.2, -0.15) is 0 Å². The molecule has 148 valence electrons. The smallest absolute Gasteiger partial charge is 0.317 e. The summed E-state index contributed by atoms with van der Waals surface area (Å²) >= 11 is 0. The second-order valence-electron chi connectivity index (χ2n) is 6.49. The van der Waals surface area contributed by atoms with E-state index in [9.17, 15) is 14.9 Å². The van der Waals surface area contributed by atoms with Crippen LogP contribution in [0.3, 0.4) is 0 Å². The zero-order chi connectivity index (χ0) is 19.8. The number of nitro benzene ring substituents is 1. The normalized spacial score (nSPS) is 13.9. The summed E-state index contributed by atoms with van der Waals surface area (Å²) in [6.07, 6.45) is 0.739. The molecule has 0 aromatic heterocycles. The van der Waals surface area contributed by atoms with Crippen LogP contribution in [0.1, 0.15) is 6.42 Å². The summed E-state index contributed by atoms with van der Waals surface area (Å²) < 4.78 is 5.61. The highest BCUT2D eigenvalue weighted by atomic mass is 16.6. The first-order chi connectivity index (χ1) is 13.6. The van der Waals surface area contributed by atoms with Crippen molar-refractivity contribution >= 4 is 17.4 Å². The Morgan fingerprint density at radius 2 is 1.71 bits per heavy atom. The van der Waals surface area contributed by atoms with Crippen LogP contribution in [0, 0.1) is 10.1 Å². The third-order valence-electron chi connectivity index (χ3n) is 4.60. The van der Waals surface area contributed by atoms with Gasteiger partial charge in [-0.15, -0.1) is 0 Å². The highest BCUT2D eigenvalue weighted by Gasteiger charge is 2.21. The molecule has 8 heteroatoms. The molecular formula is C20H24N4O4. The van der Waals surface area contributed by atoms with Crippen molar-refractivity contribution in [2.45, 2.75) is 6.42 Å². The van der Waals surface area contributed by atoms with Crippen molar-refractivity contribution in [3.8, 4) is 5.75 Å². The van der Waals surface area contributed by atoms with Gasteiger partial charge in [0.15, 0.2) is 0 Å². The standard InChI is InChI=1S/C20H24N4O4/c25-20(21-11-4-16-28-19-5-2-1-3-6-19)23-14-12-22(13-15-23)17-7-9-18(10-8-17)24(26)27/h1-3,5-10H,4,11-16H2,(H,21,25). The Balaban J connectivity index is 1.35.